The minimum atomic E-state index is -0.748. The Bertz CT molecular complexity index is 1110. The molecular formula is C26H32N4O3. The number of nitrogens with zero attached hydrogens (tertiary/aromatic N) is 3. The first kappa shape index (κ1) is 22.1. The predicted molar refractivity (Wildman–Crippen MR) is 128 cm³/mol. The molecule has 2 N–H and O–H groups in total. The number of amides is 1. The topological polar surface area (TPSA) is 79.6 Å². The Morgan fingerprint density at radius 1 is 1.15 bits per heavy atom. The molecule has 7 nitrogen and oxygen atoms in total. The summed E-state index contributed by atoms with van der Waals surface area (Å²) < 4.78 is 7.42. The minimum absolute atomic E-state index is 0.118. The lowest BCUT2D eigenvalue weighted by Gasteiger charge is -2.26. The normalized spacial score (nSPS) is 18.6. The number of aromatic nitrogens is 2. The molecule has 0 spiro atoms. The van der Waals surface area contributed by atoms with E-state index in [2.05, 4.69) is 27.3 Å². The van der Waals surface area contributed by atoms with Crippen molar-refractivity contribution >= 4 is 16.8 Å². The van der Waals surface area contributed by atoms with E-state index in [-0.39, 0.29) is 5.91 Å². The Kier molecular flexibility index (Phi) is 6.44. The highest BCUT2D eigenvalue weighted by atomic mass is 16.5. The Labute approximate surface area is 194 Å². The first-order valence-electron chi connectivity index (χ1n) is 12.0. The molecule has 1 saturated carbocycles. The number of ether oxygens (including phenoxy) is 1. The van der Waals surface area contributed by atoms with Crippen LogP contribution < -0.4 is 5.32 Å². The van der Waals surface area contributed by atoms with Gasteiger partial charge in [0.1, 0.15) is 0 Å². The smallest absolute Gasteiger partial charge is 0.254 e. The maximum absolute atomic E-state index is 13.0. The predicted octanol–water partition coefficient (Wildman–Crippen LogP) is 3.24. The monoisotopic (exact) mass is 448 g/mol. The number of nitrogens with one attached hydrogen (secondary N) is 1. The van der Waals surface area contributed by atoms with Crippen LogP contribution in [0.15, 0.2) is 48.9 Å². The Morgan fingerprint density at radius 3 is 2.79 bits per heavy atom. The van der Waals surface area contributed by atoms with Crippen molar-refractivity contribution in [3.8, 4) is 5.69 Å². The van der Waals surface area contributed by atoms with Gasteiger partial charge >= 0.3 is 0 Å². The fraction of sp³-hybridized carbons (Fsp3) is 0.462. The molecule has 1 aromatic carbocycles. The summed E-state index contributed by atoms with van der Waals surface area (Å²) in [6.45, 7) is 5.06. The van der Waals surface area contributed by atoms with Gasteiger partial charge in [0.2, 0.25) is 0 Å². The first-order chi connectivity index (χ1) is 16.1. The molecule has 1 aliphatic carbocycles. The summed E-state index contributed by atoms with van der Waals surface area (Å²) in [7, 11) is 0. The van der Waals surface area contributed by atoms with Crippen LogP contribution in [0.1, 0.15) is 48.0 Å². The molecule has 1 amide bonds. The zero-order chi connectivity index (χ0) is 22.7. The summed E-state index contributed by atoms with van der Waals surface area (Å²) in [6, 6.07) is 10.1. The number of rotatable bonds is 7. The summed E-state index contributed by atoms with van der Waals surface area (Å²) in [4.78, 5) is 19.6. The van der Waals surface area contributed by atoms with Crippen LogP contribution in [0.4, 0.5) is 0 Å². The highest BCUT2D eigenvalue weighted by Crippen LogP contribution is 2.39. The number of hydrogen-bond donors (Lipinski definition) is 2. The van der Waals surface area contributed by atoms with Crippen LogP contribution >= 0.6 is 0 Å². The van der Waals surface area contributed by atoms with Crippen LogP contribution in [0.5, 0.6) is 0 Å². The number of carbonyl (C=O) groups excluding carboxylic acids is 1. The van der Waals surface area contributed by atoms with Gasteiger partial charge in [-0.1, -0.05) is 25.0 Å². The van der Waals surface area contributed by atoms with Crippen LogP contribution in [0, 0.1) is 0 Å². The molecular weight excluding hydrogens is 416 g/mol. The van der Waals surface area contributed by atoms with E-state index in [1.165, 1.54) is 0 Å². The van der Waals surface area contributed by atoms with Crippen molar-refractivity contribution in [1.29, 1.82) is 0 Å². The molecule has 2 aliphatic rings. The lowest BCUT2D eigenvalue weighted by atomic mass is 9.92. The molecule has 3 aromatic rings. The third-order valence-electron chi connectivity index (χ3n) is 7.00. The highest BCUT2D eigenvalue weighted by molar-refractivity contribution is 5.98. The van der Waals surface area contributed by atoms with Gasteiger partial charge in [0, 0.05) is 38.2 Å². The van der Waals surface area contributed by atoms with Gasteiger partial charge in [0.25, 0.3) is 5.91 Å². The van der Waals surface area contributed by atoms with Crippen LogP contribution in [-0.2, 0) is 10.3 Å². The molecule has 33 heavy (non-hydrogen) atoms. The van der Waals surface area contributed by atoms with E-state index < -0.39 is 5.60 Å². The summed E-state index contributed by atoms with van der Waals surface area (Å²) >= 11 is 0. The van der Waals surface area contributed by atoms with Crippen molar-refractivity contribution in [3.63, 3.8) is 0 Å². The molecule has 0 bridgehead atoms. The van der Waals surface area contributed by atoms with Gasteiger partial charge in [-0.15, -0.1) is 0 Å². The van der Waals surface area contributed by atoms with Gasteiger partial charge in [-0.3, -0.25) is 14.7 Å². The van der Waals surface area contributed by atoms with Gasteiger partial charge < -0.3 is 19.7 Å². The minimum Gasteiger partial charge on any atom is -0.385 e. The zero-order valence-corrected chi connectivity index (χ0v) is 19.0. The summed E-state index contributed by atoms with van der Waals surface area (Å²) in [5.41, 5.74) is 2.53. The third-order valence-corrected chi connectivity index (χ3v) is 7.00. The number of morpholine rings is 1. The van der Waals surface area contributed by atoms with Gasteiger partial charge in [0.15, 0.2) is 0 Å². The quantitative estimate of drug-likeness (QED) is 0.543. The maximum atomic E-state index is 13.0. The van der Waals surface area contributed by atoms with E-state index in [1.54, 1.807) is 12.4 Å². The van der Waals surface area contributed by atoms with E-state index in [0.717, 1.165) is 87.1 Å². The van der Waals surface area contributed by atoms with E-state index in [1.807, 2.05) is 29.0 Å². The van der Waals surface area contributed by atoms with E-state index in [0.29, 0.717) is 12.1 Å². The Morgan fingerprint density at radius 2 is 1.97 bits per heavy atom. The highest BCUT2D eigenvalue weighted by Gasteiger charge is 2.33. The summed E-state index contributed by atoms with van der Waals surface area (Å²) in [5.74, 6) is -0.118. The zero-order valence-electron chi connectivity index (χ0n) is 19.0. The van der Waals surface area contributed by atoms with Crippen molar-refractivity contribution in [2.24, 2.45) is 0 Å². The number of hydrogen-bond acceptors (Lipinski definition) is 5. The number of pyridine rings is 1. The van der Waals surface area contributed by atoms with Crippen molar-refractivity contribution in [1.82, 2.24) is 19.8 Å². The molecule has 1 saturated heterocycles. The molecule has 2 aromatic heterocycles. The third kappa shape index (κ3) is 4.67. The van der Waals surface area contributed by atoms with Crippen molar-refractivity contribution < 1.29 is 14.6 Å². The molecule has 0 unspecified atom stereocenters. The van der Waals surface area contributed by atoms with E-state index in [9.17, 15) is 9.90 Å². The lowest BCUT2D eigenvalue weighted by molar-refractivity contribution is 0.0374. The lowest BCUT2D eigenvalue weighted by Crippen LogP contribution is -2.38. The molecule has 0 radical (unpaired) electrons. The molecule has 7 heteroatoms. The van der Waals surface area contributed by atoms with Crippen LogP contribution in [0.3, 0.4) is 0 Å². The fourth-order valence-electron chi connectivity index (χ4n) is 5.07. The molecule has 5 rings (SSSR count). The number of benzene rings is 1. The van der Waals surface area contributed by atoms with E-state index in [4.69, 9.17) is 4.74 Å². The van der Waals surface area contributed by atoms with Crippen LogP contribution in [0.25, 0.3) is 16.6 Å². The Hall–Kier alpha value is -2.74. The second kappa shape index (κ2) is 9.63. The fourth-order valence-corrected chi connectivity index (χ4v) is 5.07. The molecule has 0 atom stereocenters. The van der Waals surface area contributed by atoms with Crippen LogP contribution in [-0.4, -0.2) is 64.9 Å². The largest absolute Gasteiger partial charge is 0.385 e. The standard InChI is InChI=1S/C26H32N4O3/c31-25(28-10-3-12-29-14-16-33-17-15-29)22-19-27-11-6-23(22)30-13-7-20-4-5-21(18-24(20)30)26(32)8-1-2-9-26/h4-7,11,13,18-19,32H,1-3,8-10,12,14-17H2,(H,28,31). The number of aliphatic hydroxyl groups is 1. The van der Waals surface area contributed by atoms with Gasteiger partial charge in [-0.25, -0.2) is 0 Å². The Balaban J connectivity index is 1.34. The van der Waals surface area contributed by atoms with Gasteiger partial charge in [-0.05, 0) is 55.0 Å². The summed E-state index contributed by atoms with van der Waals surface area (Å²) in [6.07, 6.45) is 9.93. The van der Waals surface area contributed by atoms with E-state index >= 15 is 0 Å². The maximum Gasteiger partial charge on any atom is 0.254 e. The van der Waals surface area contributed by atoms with Crippen LogP contribution in [0.2, 0.25) is 0 Å². The summed E-state index contributed by atoms with van der Waals surface area (Å²) in [5, 5.41) is 15.2. The molecule has 2 fully saturated rings. The second-order valence-electron chi connectivity index (χ2n) is 9.15. The molecule has 174 valence electrons. The number of carbonyl (C=O) groups is 1. The van der Waals surface area contributed by atoms with Crippen molar-refractivity contribution in [2.45, 2.75) is 37.7 Å². The SMILES string of the molecule is O=C(NCCCN1CCOCC1)c1cnccc1-n1ccc2ccc(C3(O)CCCC3)cc21. The molecule has 1 aliphatic heterocycles. The molecule has 3 heterocycles. The average molecular weight is 449 g/mol. The van der Waals surface area contributed by atoms with Gasteiger partial charge in [0.05, 0.1) is 35.6 Å². The first-order valence-corrected chi connectivity index (χ1v) is 12.0. The second-order valence-corrected chi connectivity index (χ2v) is 9.15. The van der Waals surface area contributed by atoms with Crippen molar-refractivity contribution in [3.05, 3.63) is 60.0 Å². The number of fused-ring (bicyclic) bond motifs is 1. The van der Waals surface area contributed by atoms with Gasteiger partial charge in [-0.2, -0.15) is 0 Å². The average Bonchev–Trinajstić information content (AvgIpc) is 3.49. The van der Waals surface area contributed by atoms with Crippen molar-refractivity contribution in [2.75, 3.05) is 39.4 Å².